The van der Waals surface area contributed by atoms with Crippen molar-refractivity contribution in [2.75, 3.05) is 26.2 Å². The summed E-state index contributed by atoms with van der Waals surface area (Å²) in [6, 6.07) is 21.6. The normalized spacial score (nSPS) is 14.4. The van der Waals surface area contributed by atoms with Gasteiger partial charge in [-0.25, -0.2) is 4.79 Å². The van der Waals surface area contributed by atoms with Crippen molar-refractivity contribution in [3.63, 3.8) is 0 Å². The van der Waals surface area contributed by atoms with Crippen LogP contribution in [0.1, 0.15) is 21.8 Å². The minimum absolute atomic E-state index is 0.0875. The maximum absolute atomic E-state index is 13.1. The van der Waals surface area contributed by atoms with E-state index in [1.165, 1.54) is 0 Å². The molecule has 4 aromatic rings. The number of nitrogens with one attached hydrogen (secondary N) is 3. The lowest BCUT2D eigenvalue weighted by atomic mass is 10.1. The Bertz CT molecular complexity index is 1320. The van der Waals surface area contributed by atoms with Gasteiger partial charge < -0.3 is 29.8 Å². The quantitative estimate of drug-likeness (QED) is 0.363. The highest BCUT2D eigenvalue weighted by atomic mass is 16.3. The Kier molecular flexibility index (Phi) is 7.21. The second-order valence-corrected chi connectivity index (χ2v) is 9.04. The van der Waals surface area contributed by atoms with Crippen LogP contribution in [-0.2, 0) is 17.8 Å². The van der Waals surface area contributed by atoms with Crippen molar-refractivity contribution >= 4 is 28.7 Å². The van der Waals surface area contributed by atoms with E-state index >= 15 is 0 Å². The van der Waals surface area contributed by atoms with Crippen LogP contribution in [0.4, 0.5) is 4.79 Å². The summed E-state index contributed by atoms with van der Waals surface area (Å²) in [7, 11) is 0. The van der Waals surface area contributed by atoms with Gasteiger partial charge in [0.15, 0.2) is 0 Å². The van der Waals surface area contributed by atoms with Gasteiger partial charge in [-0.05, 0) is 29.8 Å². The first kappa shape index (κ1) is 24.2. The van der Waals surface area contributed by atoms with Crippen LogP contribution in [0.2, 0.25) is 0 Å². The molecule has 9 heteroatoms. The van der Waals surface area contributed by atoms with Crippen LogP contribution in [0.5, 0.6) is 0 Å². The van der Waals surface area contributed by atoms with Crippen LogP contribution in [0.15, 0.2) is 83.5 Å². The van der Waals surface area contributed by atoms with Crippen molar-refractivity contribution in [2.45, 2.75) is 19.0 Å². The first-order chi connectivity index (χ1) is 18.1. The minimum Gasteiger partial charge on any atom is -0.467 e. The number of para-hydroxylation sites is 1. The van der Waals surface area contributed by atoms with E-state index in [1.807, 2.05) is 60.7 Å². The van der Waals surface area contributed by atoms with E-state index in [2.05, 4.69) is 15.6 Å². The molecular weight excluding hydrogens is 470 g/mol. The fraction of sp³-hybridized carbons (Fsp3) is 0.250. The van der Waals surface area contributed by atoms with Crippen molar-refractivity contribution in [3.05, 3.63) is 96.1 Å². The third kappa shape index (κ3) is 5.83. The third-order valence-corrected chi connectivity index (χ3v) is 6.53. The summed E-state index contributed by atoms with van der Waals surface area (Å²) in [6.07, 6.45) is 1.91. The molecule has 1 unspecified atom stereocenters. The number of urea groups is 1. The standard InChI is InChI=1S/C28H29N5O4/c34-26(29-19-22-10-6-16-37-22)24(17-20-7-2-1-3-8-20)31-28(36)33-14-12-32(13-15-33)27(35)25-18-21-9-4-5-11-23(21)30-25/h1-11,16,18,24,30H,12-15,17,19H2,(H,29,34)(H,31,36). The Morgan fingerprint density at radius 2 is 1.62 bits per heavy atom. The molecular formula is C28H29N5O4. The highest BCUT2D eigenvalue weighted by molar-refractivity contribution is 5.98. The molecule has 4 amide bonds. The fourth-order valence-electron chi connectivity index (χ4n) is 4.48. The number of aromatic nitrogens is 1. The number of furan rings is 1. The van der Waals surface area contributed by atoms with Gasteiger partial charge in [-0.2, -0.15) is 0 Å². The smallest absolute Gasteiger partial charge is 0.318 e. The molecule has 2 aromatic heterocycles. The number of H-pyrrole nitrogens is 1. The Morgan fingerprint density at radius 1 is 0.892 bits per heavy atom. The molecule has 9 nitrogen and oxygen atoms in total. The van der Waals surface area contributed by atoms with Gasteiger partial charge in [0.05, 0.1) is 12.8 Å². The molecule has 2 aromatic carbocycles. The molecule has 0 aliphatic carbocycles. The molecule has 1 aliphatic rings. The summed E-state index contributed by atoms with van der Waals surface area (Å²) in [5, 5.41) is 6.72. The Hall–Kier alpha value is -4.53. The highest BCUT2D eigenvalue weighted by Gasteiger charge is 2.28. The Morgan fingerprint density at radius 3 is 2.35 bits per heavy atom. The molecule has 1 saturated heterocycles. The topological polar surface area (TPSA) is 111 Å². The summed E-state index contributed by atoms with van der Waals surface area (Å²) in [5.74, 6) is 0.255. The van der Waals surface area contributed by atoms with Crippen molar-refractivity contribution in [3.8, 4) is 0 Å². The van der Waals surface area contributed by atoms with E-state index < -0.39 is 6.04 Å². The van der Waals surface area contributed by atoms with Gasteiger partial charge in [0.2, 0.25) is 5.91 Å². The van der Waals surface area contributed by atoms with Crippen molar-refractivity contribution in [1.29, 1.82) is 0 Å². The summed E-state index contributed by atoms with van der Waals surface area (Å²) in [5.41, 5.74) is 2.39. The van der Waals surface area contributed by atoms with Gasteiger partial charge in [0.1, 0.15) is 17.5 Å². The molecule has 0 radical (unpaired) electrons. The van der Waals surface area contributed by atoms with Crippen LogP contribution >= 0.6 is 0 Å². The lowest BCUT2D eigenvalue weighted by Gasteiger charge is -2.35. The number of rotatable bonds is 7. The number of amides is 4. The lowest BCUT2D eigenvalue weighted by Crippen LogP contribution is -2.57. The largest absolute Gasteiger partial charge is 0.467 e. The van der Waals surface area contributed by atoms with Crippen molar-refractivity contribution in [2.24, 2.45) is 0 Å². The summed E-state index contributed by atoms with van der Waals surface area (Å²) in [4.78, 5) is 45.7. The van der Waals surface area contributed by atoms with Gasteiger partial charge in [-0.3, -0.25) is 9.59 Å². The maximum Gasteiger partial charge on any atom is 0.318 e. The zero-order valence-electron chi connectivity index (χ0n) is 20.4. The van der Waals surface area contributed by atoms with Gasteiger partial charge >= 0.3 is 6.03 Å². The second kappa shape index (κ2) is 11.0. The fourth-order valence-corrected chi connectivity index (χ4v) is 4.48. The number of fused-ring (bicyclic) bond motifs is 1. The number of hydrogen-bond acceptors (Lipinski definition) is 4. The molecule has 5 rings (SSSR count). The van der Waals surface area contributed by atoms with E-state index in [0.29, 0.717) is 44.1 Å². The zero-order valence-corrected chi connectivity index (χ0v) is 20.4. The summed E-state index contributed by atoms with van der Waals surface area (Å²) < 4.78 is 5.29. The number of carbonyl (C=O) groups is 3. The highest BCUT2D eigenvalue weighted by Crippen LogP contribution is 2.17. The van der Waals surface area contributed by atoms with Crippen LogP contribution < -0.4 is 10.6 Å². The molecule has 0 bridgehead atoms. The minimum atomic E-state index is -0.754. The first-order valence-corrected chi connectivity index (χ1v) is 12.3. The van der Waals surface area contributed by atoms with Gasteiger partial charge in [-0.1, -0.05) is 48.5 Å². The molecule has 1 fully saturated rings. The molecule has 190 valence electrons. The lowest BCUT2D eigenvalue weighted by molar-refractivity contribution is -0.123. The van der Waals surface area contributed by atoms with E-state index in [0.717, 1.165) is 16.5 Å². The predicted octanol–water partition coefficient (Wildman–Crippen LogP) is 3.16. The predicted molar refractivity (Wildman–Crippen MR) is 139 cm³/mol. The number of hydrogen-bond donors (Lipinski definition) is 3. The van der Waals surface area contributed by atoms with Gasteiger partial charge in [0.25, 0.3) is 5.91 Å². The molecule has 3 heterocycles. The first-order valence-electron chi connectivity index (χ1n) is 12.3. The summed E-state index contributed by atoms with van der Waals surface area (Å²) in [6.45, 7) is 1.82. The van der Waals surface area contributed by atoms with Crippen LogP contribution in [0.25, 0.3) is 10.9 Å². The average Bonchev–Trinajstić information content (AvgIpc) is 3.62. The molecule has 1 aliphatic heterocycles. The van der Waals surface area contributed by atoms with Crippen LogP contribution in [-0.4, -0.2) is 64.9 Å². The Labute approximate surface area is 214 Å². The molecule has 37 heavy (non-hydrogen) atoms. The van der Waals surface area contributed by atoms with Crippen LogP contribution in [0.3, 0.4) is 0 Å². The van der Waals surface area contributed by atoms with Gasteiger partial charge in [0, 0.05) is 43.5 Å². The number of carbonyl (C=O) groups excluding carboxylic acids is 3. The van der Waals surface area contributed by atoms with E-state index in [-0.39, 0.29) is 24.4 Å². The average molecular weight is 500 g/mol. The molecule has 3 N–H and O–H groups in total. The molecule has 1 atom stereocenters. The second-order valence-electron chi connectivity index (χ2n) is 9.04. The van der Waals surface area contributed by atoms with Gasteiger partial charge in [-0.15, -0.1) is 0 Å². The van der Waals surface area contributed by atoms with E-state index in [1.54, 1.807) is 28.2 Å². The van der Waals surface area contributed by atoms with E-state index in [9.17, 15) is 14.4 Å². The van der Waals surface area contributed by atoms with Crippen LogP contribution in [0, 0.1) is 0 Å². The number of aromatic amines is 1. The molecule has 0 saturated carbocycles. The number of piperazine rings is 1. The number of benzene rings is 2. The molecule has 0 spiro atoms. The third-order valence-electron chi connectivity index (χ3n) is 6.53. The summed E-state index contributed by atoms with van der Waals surface area (Å²) >= 11 is 0. The zero-order chi connectivity index (χ0) is 25.6. The van der Waals surface area contributed by atoms with E-state index in [4.69, 9.17) is 4.42 Å². The Balaban J connectivity index is 1.19. The monoisotopic (exact) mass is 499 g/mol. The van der Waals surface area contributed by atoms with Crippen molar-refractivity contribution < 1.29 is 18.8 Å². The number of nitrogens with zero attached hydrogens (tertiary/aromatic N) is 2. The van der Waals surface area contributed by atoms with Crippen molar-refractivity contribution in [1.82, 2.24) is 25.4 Å². The SMILES string of the molecule is O=C(NCc1ccco1)C(Cc1ccccc1)NC(=O)N1CCN(C(=O)c2cc3ccccc3[nH]2)CC1. The maximum atomic E-state index is 13.1.